The van der Waals surface area contributed by atoms with Gasteiger partial charge >= 0.3 is 11.9 Å². The summed E-state index contributed by atoms with van der Waals surface area (Å²) in [6.07, 6.45) is 6.04. The number of rotatable bonds is 6. The van der Waals surface area contributed by atoms with Crippen LogP contribution < -0.4 is 0 Å². The lowest BCUT2D eigenvalue weighted by molar-refractivity contribution is -0.187. The zero-order chi connectivity index (χ0) is 28.7. The van der Waals surface area contributed by atoms with Crippen molar-refractivity contribution in [1.29, 1.82) is 10.8 Å². The highest BCUT2D eigenvalue weighted by molar-refractivity contribution is 6.39. The van der Waals surface area contributed by atoms with Crippen molar-refractivity contribution in [3.8, 4) is 0 Å². The van der Waals surface area contributed by atoms with Gasteiger partial charge < -0.3 is 19.7 Å². The van der Waals surface area contributed by atoms with E-state index in [4.69, 9.17) is 20.3 Å². The standard InChI is InChI=1S/C28H44N2O6.C2H6/c1-6-35-22(31)20(29)27(33)15-14-25(4)18-9-12-26(5)19(17(18)8-11-24(25,3)16-27)10-13-28(26,34)21(30)23(32)36-7-2;1-2/h17-19,29-30,33-34H,6-16H2,1-5H3;1-2H3/t17?,18?,19?,24-,25?,26?,27?,28?;/m1./s1. The van der Waals surface area contributed by atoms with Gasteiger partial charge in [0.1, 0.15) is 22.6 Å². The number of fused-ring (bicyclic) bond motifs is 5. The molecule has 0 amide bonds. The number of ether oxygens (including phenoxy) is 2. The largest absolute Gasteiger partial charge is 0.461 e. The number of hydrogen-bond acceptors (Lipinski definition) is 8. The van der Waals surface area contributed by atoms with Crippen LogP contribution in [0.15, 0.2) is 0 Å². The summed E-state index contributed by atoms with van der Waals surface area (Å²) in [5, 5.41) is 40.1. The van der Waals surface area contributed by atoms with Gasteiger partial charge in [-0.2, -0.15) is 0 Å². The molecule has 0 aliphatic heterocycles. The minimum atomic E-state index is -1.47. The summed E-state index contributed by atoms with van der Waals surface area (Å²) in [7, 11) is 0. The quantitative estimate of drug-likeness (QED) is 0.277. The van der Waals surface area contributed by atoms with Crippen molar-refractivity contribution in [3.63, 3.8) is 0 Å². The van der Waals surface area contributed by atoms with Crippen molar-refractivity contribution >= 4 is 23.4 Å². The first-order chi connectivity index (χ1) is 17.7. The Balaban J connectivity index is 0.00000195. The fourth-order valence-corrected chi connectivity index (χ4v) is 9.08. The van der Waals surface area contributed by atoms with E-state index < -0.39 is 28.6 Å². The average Bonchev–Trinajstić information content (AvgIpc) is 3.17. The smallest absolute Gasteiger partial charge is 0.355 e. The second-order valence-electron chi connectivity index (χ2n) is 12.6. The Labute approximate surface area is 228 Å². The van der Waals surface area contributed by atoms with Crippen molar-refractivity contribution in [2.75, 3.05) is 13.2 Å². The SMILES string of the molecule is CC.CCOC(=O)C(=N)C1(O)CCC2(C)C3CCC4(C)C(CCC4(O)C(=N)C(=O)OCC)C3CC[C@]2(C)C1. The molecule has 4 rings (SSSR count). The summed E-state index contributed by atoms with van der Waals surface area (Å²) in [5.41, 5.74) is -4.45. The van der Waals surface area contributed by atoms with Crippen LogP contribution in [-0.2, 0) is 19.1 Å². The van der Waals surface area contributed by atoms with Crippen LogP contribution in [0.25, 0.3) is 0 Å². The molecule has 8 atom stereocenters. The second-order valence-corrected chi connectivity index (χ2v) is 12.6. The Kier molecular flexibility index (Phi) is 8.61. The Morgan fingerprint density at radius 2 is 1.29 bits per heavy atom. The van der Waals surface area contributed by atoms with E-state index in [0.29, 0.717) is 31.1 Å². The zero-order valence-electron chi connectivity index (χ0n) is 24.5. The summed E-state index contributed by atoms with van der Waals surface area (Å²) >= 11 is 0. The molecule has 0 aromatic carbocycles. The summed E-state index contributed by atoms with van der Waals surface area (Å²) in [6, 6.07) is 0. The molecule has 4 aliphatic carbocycles. The fourth-order valence-electron chi connectivity index (χ4n) is 9.08. The van der Waals surface area contributed by atoms with Gasteiger partial charge in [0.15, 0.2) is 0 Å². The predicted octanol–water partition coefficient (Wildman–Crippen LogP) is 5.07. The molecule has 0 bridgehead atoms. The number of carbonyl (C=O) groups is 2. The first-order valence-electron chi connectivity index (χ1n) is 14.7. The van der Waals surface area contributed by atoms with E-state index in [1.807, 2.05) is 13.8 Å². The van der Waals surface area contributed by atoms with E-state index in [0.717, 1.165) is 38.5 Å². The Morgan fingerprint density at radius 3 is 1.87 bits per heavy atom. The van der Waals surface area contributed by atoms with Crippen LogP contribution in [0.4, 0.5) is 0 Å². The van der Waals surface area contributed by atoms with Gasteiger partial charge in [0, 0.05) is 5.41 Å². The Hall–Kier alpha value is -1.80. The van der Waals surface area contributed by atoms with Gasteiger partial charge in [0.25, 0.3) is 0 Å². The lowest BCUT2D eigenvalue weighted by Crippen LogP contribution is -2.64. The summed E-state index contributed by atoms with van der Waals surface area (Å²) in [6.45, 7) is 14.4. The molecule has 0 saturated heterocycles. The van der Waals surface area contributed by atoms with Gasteiger partial charge in [-0.3, -0.25) is 10.8 Å². The number of hydrogen-bond donors (Lipinski definition) is 4. The van der Waals surface area contributed by atoms with Crippen LogP contribution in [-0.4, -0.2) is 58.0 Å². The first-order valence-corrected chi connectivity index (χ1v) is 14.7. The lowest BCUT2D eigenvalue weighted by Gasteiger charge is -2.66. The fraction of sp³-hybridized carbons (Fsp3) is 0.867. The number of aliphatic hydroxyl groups is 2. The zero-order valence-corrected chi connectivity index (χ0v) is 24.5. The van der Waals surface area contributed by atoms with E-state index in [9.17, 15) is 19.8 Å². The first kappa shape index (κ1) is 30.7. The van der Waals surface area contributed by atoms with E-state index in [2.05, 4.69) is 20.8 Å². The number of carbonyl (C=O) groups excluding carboxylic acids is 2. The van der Waals surface area contributed by atoms with Crippen LogP contribution in [0, 0.1) is 44.8 Å². The van der Waals surface area contributed by atoms with Gasteiger partial charge in [-0.25, -0.2) is 9.59 Å². The van der Waals surface area contributed by atoms with Crippen molar-refractivity contribution in [3.05, 3.63) is 0 Å². The van der Waals surface area contributed by atoms with Gasteiger partial charge in [-0.1, -0.05) is 34.6 Å². The maximum absolute atomic E-state index is 12.4. The minimum absolute atomic E-state index is 0.0756. The molecule has 4 saturated carbocycles. The van der Waals surface area contributed by atoms with Crippen LogP contribution in [0.1, 0.15) is 106 Å². The summed E-state index contributed by atoms with van der Waals surface area (Å²) in [5.74, 6) is -0.501. The molecule has 4 fully saturated rings. The van der Waals surface area contributed by atoms with Crippen molar-refractivity contribution in [2.24, 2.45) is 34.0 Å². The molecule has 4 N–H and O–H groups in total. The number of esters is 2. The monoisotopic (exact) mass is 534 g/mol. The van der Waals surface area contributed by atoms with E-state index in [-0.39, 0.29) is 41.4 Å². The molecule has 7 unspecified atom stereocenters. The van der Waals surface area contributed by atoms with Crippen LogP contribution in [0.5, 0.6) is 0 Å². The lowest BCUT2D eigenvalue weighted by atomic mass is 9.39. The molecule has 8 heteroatoms. The van der Waals surface area contributed by atoms with Gasteiger partial charge in [0.05, 0.1) is 13.2 Å². The molecule has 0 aromatic rings. The molecular formula is C30H50N2O6. The summed E-state index contributed by atoms with van der Waals surface area (Å²) in [4.78, 5) is 24.7. The predicted molar refractivity (Wildman–Crippen MR) is 146 cm³/mol. The Bertz CT molecular complexity index is 968. The molecule has 8 nitrogen and oxygen atoms in total. The highest BCUT2D eigenvalue weighted by atomic mass is 16.5. The second kappa shape index (κ2) is 10.6. The van der Waals surface area contributed by atoms with Gasteiger partial charge in [0.2, 0.25) is 0 Å². The maximum atomic E-state index is 12.4. The molecule has 0 heterocycles. The molecule has 0 aromatic heterocycles. The highest BCUT2D eigenvalue weighted by Crippen LogP contribution is 2.72. The average molecular weight is 535 g/mol. The molecular weight excluding hydrogens is 484 g/mol. The molecule has 0 spiro atoms. The van der Waals surface area contributed by atoms with Crippen molar-refractivity contribution in [2.45, 2.75) is 117 Å². The molecule has 0 radical (unpaired) electrons. The third-order valence-corrected chi connectivity index (χ3v) is 11.4. The molecule has 38 heavy (non-hydrogen) atoms. The third kappa shape index (κ3) is 4.34. The number of nitrogens with one attached hydrogen (secondary N) is 2. The highest BCUT2D eigenvalue weighted by Gasteiger charge is 2.69. The van der Waals surface area contributed by atoms with Crippen LogP contribution >= 0.6 is 0 Å². The summed E-state index contributed by atoms with van der Waals surface area (Å²) < 4.78 is 10.1. The van der Waals surface area contributed by atoms with Crippen LogP contribution in [0.3, 0.4) is 0 Å². The topological polar surface area (TPSA) is 141 Å². The van der Waals surface area contributed by atoms with E-state index in [1.54, 1.807) is 13.8 Å². The van der Waals surface area contributed by atoms with Gasteiger partial charge in [-0.05, 0) is 100 Å². The minimum Gasteiger partial charge on any atom is -0.461 e. The van der Waals surface area contributed by atoms with Crippen molar-refractivity contribution in [1.82, 2.24) is 0 Å². The maximum Gasteiger partial charge on any atom is 0.355 e. The molecule has 216 valence electrons. The Morgan fingerprint density at radius 1 is 0.763 bits per heavy atom. The van der Waals surface area contributed by atoms with Gasteiger partial charge in [-0.15, -0.1) is 0 Å². The third-order valence-electron chi connectivity index (χ3n) is 11.4. The molecule has 4 aliphatic rings. The van der Waals surface area contributed by atoms with E-state index >= 15 is 0 Å². The van der Waals surface area contributed by atoms with Crippen LogP contribution in [0.2, 0.25) is 0 Å². The normalized spacial score (nSPS) is 43.3. The van der Waals surface area contributed by atoms with Crippen molar-refractivity contribution < 1.29 is 29.3 Å². The van der Waals surface area contributed by atoms with E-state index in [1.165, 1.54) is 0 Å².